The molecule has 0 fully saturated rings. The summed E-state index contributed by atoms with van der Waals surface area (Å²) >= 11 is 1.94. The van der Waals surface area contributed by atoms with Crippen LogP contribution in [0, 0.1) is 5.41 Å². The standard InChI is InChI=1S/C10H23N3OS/c1-3-15-9-7-13(6-8-14-2)5-4-10(11)12/h3-9H2,1-2H3,(H3,11,12). The third-order valence-electron chi connectivity index (χ3n) is 2.06. The summed E-state index contributed by atoms with van der Waals surface area (Å²) in [5, 5.41) is 7.19. The van der Waals surface area contributed by atoms with E-state index in [1.165, 1.54) is 0 Å². The summed E-state index contributed by atoms with van der Waals surface area (Å²) in [6.45, 7) is 5.75. The van der Waals surface area contributed by atoms with Crippen molar-refractivity contribution in [3.63, 3.8) is 0 Å². The first-order valence-corrected chi connectivity index (χ1v) is 6.48. The lowest BCUT2D eigenvalue weighted by molar-refractivity contribution is 0.153. The maximum atomic E-state index is 7.19. The zero-order chi connectivity index (χ0) is 11.5. The van der Waals surface area contributed by atoms with Gasteiger partial charge in [0, 0.05) is 38.9 Å². The van der Waals surface area contributed by atoms with E-state index in [1.807, 2.05) is 11.8 Å². The largest absolute Gasteiger partial charge is 0.388 e. The molecule has 0 bridgehead atoms. The first-order valence-electron chi connectivity index (χ1n) is 5.32. The molecule has 0 aromatic rings. The molecule has 0 aliphatic heterocycles. The number of nitrogens with two attached hydrogens (primary N) is 1. The number of nitrogens with zero attached hydrogens (tertiary/aromatic N) is 1. The Kier molecular flexibility index (Phi) is 10.1. The van der Waals surface area contributed by atoms with Gasteiger partial charge >= 0.3 is 0 Å². The zero-order valence-corrected chi connectivity index (χ0v) is 10.6. The molecule has 0 heterocycles. The van der Waals surface area contributed by atoms with E-state index in [0.29, 0.717) is 6.42 Å². The van der Waals surface area contributed by atoms with Crippen molar-refractivity contribution in [2.45, 2.75) is 13.3 Å². The second-order valence-corrected chi connectivity index (χ2v) is 4.70. The molecule has 0 radical (unpaired) electrons. The number of nitrogens with one attached hydrogen (secondary N) is 1. The fourth-order valence-corrected chi connectivity index (χ4v) is 1.85. The molecule has 0 aromatic carbocycles. The Labute approximate surface area is 97.0 Å². The highest BCUT2D eigenvalue weighted by molar-refractivity contribution is 7.99. The molecule has 0 aliphatic carbocycles. The van der Waals surface area contributed by atoms with Gasteiger partial charge in [0.2, 0.25) is 0 Å². The van der Waals surface area contributed by atoms with Gasteiger partial charge < -0.3 is 10.5 Å². The van der Waals surface area contributed by atoms with E-state index in [1.54, 1.807) is 7.11 Å². The molecule has 0 unspecified atom stereocenters. The van der Waals surface area contributed by atoms with Crippen LogP contribution >= 0.6 is 11.8 Å². The average Bonchev–Trinajstić information content (AvgIpc) is 2.21. The summed E-state index contributed by atoms with van der Waals surface area (Å²) in [5.41, 5.74) is 5.34. The van der Waals surface area contributed by atoms with Crippen LogP contribution in [0.5, 0.6) is 0 Å². The molecule has 0 aliphatic rings. The molecule has 0 aromatic heterocycles. The highest BCUT2D eigenvalue weighted by Gasteiger charge is 2.04. The lowest BCUT2D eigenvalue weighted by Crippen LogP contribution is -2.32. The van der Waals surface area contributed by atoms with Crippen LogP contribution in [0.2, 0.25) is 0 Å². The van der Waals surface area contributed by atoms with Gasteiger partial charge in [-0.3, -0.25) is 10.3 Å². The van der Waals surface area contributed by atoms with Gasteiger partial charge in [0.25, 0.3) is 0 Å². The van der Waals surface area contributed by atoms with E-state index in [2.05, 4.69) is 11.8 Å². The highest BCUT2D eigenvalue weighted by atomic mass is 32.2. The van der Waals surface area contributed by atoms with Crippen LogP contribution in [0.4, 0.5) is 0 Å². The molecule has 3 N–H and O–H groups in total. The number of thioether (sulfide) groups is 1. The van der Waals surface area contributed by atoms with Gasteiger partial charge in [0.05, 0.1) is 12.4 Å². The summed E-state index contributed by atoms with van der Waals surface area (Å²) in [7, 11) is 1.71. The average molecular weight is 233 g/mol. The van der Waals surface area contributed by atoms with Crippen molar-refractivity contribution in [2.24, 2.45) is 5.73 Å². The van der Waals surface area contributed by atoms with E-state index < -0.39 is 0 Å². The Morgan fingerprint density at radius 2 is 2.13 bits per heavy atom. The number of amidine groups is 1. The van der Waals surface area contributed by atoms with Crippen molar-refractivity contribution in [3.05, 3.63) is 0 Å². The molecule has 4 nitrogen and oxygen atoms in total. The molecular weight excluding hydrogens is 210 g/mol. The summed E-state index contributed by atoms with van der Waals surface area (Å²) in [5.74, 6) is 2.56. The van der Waals surface area contributed by atoms with Crippen molar-refractivity contribution in [1.82, 2.24) is 4.90 Å². The Bertz CT molecular complexity index is 167. The fraction of sp³-hybridized carbons (Fsp3) is 0.900. The highest BCUT2D eigenvalue weighted by Crippen LogP contribution is 2.00. The van der Waals surface area contributed by atoms with Crippen molar-refractivity contribution < 1.29 is 4.74 Å². The van der Waals surface area contributed by atoms with Crippen LogP contribution in [0.3, 0.4) is 0 Å². The third-order valence-corrected chi connectivity index (χ3v) is 2.94. The predicted octanol–water partition coefficient (Wildman–Crippen LogP) is 1.01. The van der Waals surface area contributed by atoms with E-state index in [9.17, 15) is 0 Å². The smallest absolute Gasteiger partial charge is 0.0918 e. The topological polar surface area (TPSA) is 62.3 Å². The Morgan fingerprint density at radius 3 is 2.67 bits per heavy atom. The molecule has 90 valence electrons. The van der Waals surface area contributed by atoms with E-state index in [-0.39, 0.29) is 5.84 Å². The van der Waals surface area contributed by atoms with Crippen LogP contribution in [-0.2, 0) is 4.74 Å². The Balaban J connectivity index is 3.67. The molecular formula is C10H23N3OS. The second kappa shape index (κ2) is 10.3. The molecule has 0 rings (SSSR count). The number of methoxy groups -OCH3 is 1. The summed E-state index contributed by atoms with van der Waals surface area (Å²) in [4.78, 5) is 2.30. The minimum Gasteiger partial charge on any atom is -0.388 e. The Hall–Kier alpha value is -0.260. The molecule has 0 atom stereocenters. The number of rotatable bonds is 10. The first-order chi connectivity index (χ1) is 7.20. The van der Waals surface area contributed by atoms with Crippen LogP contribution in [0.15, 0.2) is 0 Å². The SMILES string of the molecule is CCSCCN(CCOC)CCC(=N)N. The minimum atomic E-state index is 0.264. The first kappa shape index (κ1) is 14.7. The normalized spacial score (nSPS) is 10.9. The number of ether oxygens (including phenoxy) is 1. The van der Waals surface area contributed by atoms with Gasteiger partial charge in [-0.05, 0) is 5.75 Å². The lowest BCUT2D eigenvalue weighted by atomic mass is 10.3. The minimum absolute atomic E-state index is 0.264. The van der Waals surface area contributed by atoms with E-state index in [4.69, 9.17) is 15.9 Å². The van der Waals surface area contributed by atoms with Gasteiger partial charge in [-0.25, -0.2) is 0 Å². The van der Waals surface area contributed by atoms with Gasteiger partial charge in [0.1, 0.15) is 0 Å². The van der Waals surface area contributed by atoms with Crippen LogP contribution in [0.25, 0.3) is 0 Å². The van der Waals surface area contributed by atoms with Gasteiger partial charge in [-0.2, -0.15) is 11.8 Å². The summed E-state index contributed by atoms with van der Waals surface area (Å²) < 4.78 is 5.05. The van der Waals surface area contributed by atoms with E-state index >= 15 is 0 Å². The predicted molar refractivity (Wildman–Crippen MR) is 67.8 cm³/mol. The molecule has 0 spiro atoms. The van der Waals surface area contributed by atoms with Gasteiger partial charge in [-0.1, -0.05) is 6.92 Å². The van der Waals surface area contributed by atoms with Gasteiger partial charge in [-0.15, -0.1) is 0 Å². The van der Waals surface area contributed by atoms with Crippen molar-refractivity contribution in [2.75, 3.05) is 44.9 Å². The monoisotopic (exact) mass is 233 g/mol. The molecule has 15 heavy (non-hydrogen) atoms. The van der Waals surface area contributed by atoms with Crippen LogP contribution in [-0.4, -0.2) is 55.6 Å². The number of hydrogen-bond acceptors (Lipinski definition) is 4. The zero-order valence-electron chi connectivity index (χ0n) is 9.79. The van der Waals surface area contributed by atoms with Crippen LogP contribution < -0.4 is 5.73 Å². The molecule has 0 saturated heterocycles. The third kappa shape index (κ3) is 10.0. The summed E-state index contributed by atoms with van der Waals surface area (Å²) in [6, 6.07) is 0. The lowest BCUT2D eigenvalue weighted by Gasteiger charge is -2.21. The van der Waals surface area contributed by atoms with Crippen molar-refractivity contribution in [1.29, 1.82) is 5.41 Å². The molecule has 5 heteroatoms. The van der Waals surface area contributed by atoms with Gasteiger partial charge in [0.15, 0.2) is 0 Å². The van der Waals surface area contributed by atoms with Crippen molar-refractivity contribution >= 4 is 17.6 Å². The quantitative estimate of drug-likeness (QED) is 0.336. The maximum absolute atomic E-state index is 7.19. The summed E-state index contributed by atoms with van der Waals surface area (Å²) in [6.07, 6.45) is 0.653. The second-order valence-electron chi connectivity index (χ2n) is 3.31. The maximum Gasteiger partial charge on any atom is 0.0918 e. The van der Waals surface area contributed by atoms with Crippen molar-refractivity contribution in [3.8, 4) is 0 Å². The van der Waals surface area contributed by atoms with E-state index in [0.717, 1.165) is 37.7 Å². The molecule has 0 amide bonds. The molecule has 0 saturated carbocycles. The van der Waals surface area contributed by atoms with Crippen LogP contribution in [0.1, 0.15) is 13.3 Å². The Morgan fingerprint density at radius 1 is 1.40 bits per heavy atom. The fourth-order valence-electron chi connectivity index (χ4n) is 1.17. The number of hydrogen-bond donors (Lipinski definition) is 2.